The summed E-state index contributed by atoms with van der Waals surface area (Å²) in [4.78, 5) is 24.8. The number of aromatic nitrogens is 3. The zero-order valence-corrected chi connectivity index (χ0v) is 22.0. The number of carbonyl (C=O) groups excluding carboxylic acids is 1. The van der Waals surface area contributed by atoms with E-state index in [0.717, 1.165) is 19.1 Å². The fraction of sp³-hybridized carbons (Fsp3) is 0.348. The highest BCUT2D eigenvalue weighted by atomic mass is 35.5. The monoisotopic (exact) mass is 574 g/mol. The topological polar surface area (TPSA) is 122 Å². The first-order chi connectivity index (χ1) is 17.6. The summed E-state index contributed by atoms with van der Waals surface area (Å²) >= 11 is 6.01. The van der Waals surface area contributed by atoms with E-state index in [2.05, 4.69) is 5.10 Å². The SMILES string of the molecule is Cc1nn(-c2cc(OC(C)C(=O)NS(=O)(=O)c3ccc4c(c3)CC(C)(C)O4)c(Cl)cc2F)c(=O)n1C(F)F. The average molecular weight is 575 g/mol. The van der Waals surface area contributed by atoms with E-state index in [1.807, 2.05) is 18.6 Å². The van der Waals surface area contributed by atoms with Gasteiger partial charge in [0.15, 0.2) is 11.9 Å². The summed E-state index contributed by atoms with van der Waals surface area (Å²) in [5.74, 6) is -2.30. The van der Waals surface area contributed by atoms with Crippen molar-refractivity contribution in [1.29, 1.82) is 0 Å². The van der Waals surface area contributed by atoms with Gasteiger partial charge < -0.3 is 9.47 Å². The number of amides is 1. The van der Waals surface area contributed by atoms with Crippen LogP contribution in [0.5, 0.6) is 11.5 Å². The van der Waals surface area contributed by atoms with E-state index >= 15 is 0 Å². The maximum absolute atomic E-state index is 14.6. The molecule has 3 aromatic rings. The summed E-state index contributed by atoms with van der Waals surface area (Å²) in [7, 11) is -4.30. The number of hydrogen-bond acceptors (Lipinski definition) is 7. The minimum atomic E-state index is -4.30. The molecule has 1 atom stereocenters. The van der Waals surface area contributed by atoms with E-state index in [1.165, 1.54) is 25.1 Å². The Kier molecular flexibility index (Phi) is 6.99. The van der Waals surface area contributed by atoms with Gasteiger partial charge in [-0.05, 0) is 57.5 Å². The summed E-state index contributed by atoms with van der Waals surface area (Å²) in [6, 6.07) is 5.84. The van der Waals surface area contributed by atoms with Crippen LogP contribution in [0.15, 0.2) is 40.0 Å². The van der Waals surface area contributed by atoms with Gasteiger partial charge in [0.05, 0.1) is 9.92 Å². The van der Waals surface area contributed by atoms with Gasteiger partial charge in [-0.25, -0.2) is 26.9 Å². The zero-order chi connectivity index (χ0) is 28.2. The maximum Gasteiger partial charge on any atom is 0.355 e. The lowest BCUT2D eigenvalue weighted by atomic mass is 10.0. The number of hydrogen-bond donors (Lipinski definition) is 1. The molecule has 1 aliphatic heterocycles. The molecular weight excluding hydrogens is 553 g/mol. The normalized spacial score (nSPS) is 15.2. The van der Waals surface area contributed by atoms with Crippen molar-refractivity contribution in [2.24, 2.45) is 0 Å². The third-order valence-corrected chi connectivity index (χ3v) is 7.30. The second-order valence-electron chi connectivity index (χ2n) is 9.16. The first kappa shape index (κ1) is 27.5. The lowest BCUT2D eigenvalue weighted by molar-refractivity contribution is -0.125. The molecular formula is C23H22ClF3N4O6S. The third kappa shape index (κ3) is 5.23. The molecule has 1 aromatic heterocycles. The number of aryl methyl sites for hydroxylation is 1. The second-order valence-corrected chi connectivity index (χ2v) is 11.3. The number of fused-ring (bicyclic) bond motifs is 1. The van der Waals surface area contributed by atoms with Gasteiger partial charge in [-0.3, -0.25) is 4.79 Å². The molecule has 1 unspecified atom stereocenters. The van der Waals surface area contributed by atoms with Crippen LogP contribution in [0.25, 0.3) is 5.69 Å². The Morgan fingerprint density at radius 3 is 2.58 bits per heavy atom. The Morgan fingerprint density at radius 2 is 1.95 bits per heavy atom. The molecule has 0 spiro atoms. The quantitative estimate of drug-likeness (QED) is 0.458. The molecule has 0 saturated heterocycles. The Balaban J connectivity index is 1.55. The number of sulfonamides is 1. The highest BCUT2D eigenvalue weighted by Gasteiger charge is 2.32. The van der Waals surface area contributed by atoms with Gasteiger partial charge in [-0.2, -0.15) is 13.5 Å². The van der Waals surface area contributed by atoms with Gasteiger partial charge in [0, 0.05) is 12.5 Å². The van der Waals surface area contributed by atoms with Crippen LogP contribution in [-0.2, 0) is 21.2 Å². The molecule has 0 aliphatic carbocycles. The summed E-state index contributed by atoms with van der Waals surface area (Å²) < 4.78 is 80.1. The van der Waals surface area contributed by atoms with E-state index in [4.69, 9.17) is 21.1 Å². The number of benzene rings is 2. The first-order valence-electron chi connectivity index (χ1n) is 11.1. The van der Waals surface area contributed by atoms with Gasteiger partial charge in [0.1, 0.15) is 28.6 Å². The van der Waals surface area contributed by atoms with Gasteiger partial charge in [-0.15, -0.1) is 5.10 Å². The molecule has 0 saturated carbocycles. The number of alkyl halides is 2. The predicted molar refractivity (Wildman–Crippen MR) is 129 cm³/mol. The number of ether oxygens (including phenoxy) is 2. The lowest BCUT2D eigenvalue weighted by Crippen LogP contribution is -2.40. The van der Waals surface area contributed by atoms with Crippen LogP contribution in [0.2, 0.25) is 5.02 Å². The smallest absolute Gasteiger partial charge is 0.355 e. The zero-order valence-electron chi connectivity index (χ0n) is 20.5. The van der Waals surface area contributed by atoms with Gasteiger partial charge in [0.2, 0.25) is 0 Å². The van der Waals surface area contributed by atoms with E-state index in [-0.39, 0.29) is 26.1 Å². The molecule has 10 nitrogen and oxygen atoms in total. The minimum Gasteiger partial charge on any atom is -0.487 e. The standard InChI is InChI=1S/C23H22ClF3N4O6S/c1-11(20(32)29-38(34,35)14-5-6-18-13(7-14)10-23(3,4)37-18)36-19-9-17(16(25)8-15(19)24)31-22(33)30(21(26)27)12(2)28-31/h5-9,11,21H,10H2,1-4H3,(H,29,32). The maximum atomic E-state index is 14.6. The van der Waals surface area contributed by atoms with Gasteiger partial charge in [-0.1, -0.05) is 11.6 Å². The van der Waals surface area contributed by atoms with Crippen molar-refractivity contribution in [2.75, 3.05) is 0 Å². The van der Waals surface area contributed by atoms with Crippen LogP contribution in [0.4, 0.5) is 13.2 Å². The number of rotatable bonds is 7. The highest BCUT2D eigenvalue weighted by molar-refractivity contribution is 7.90. The van der Waals surface area contributed by atoms with Crippen molar-refractivity contribution in [3.63, 3.8) is 0 Å². The third-order valence-electron chi connectivity index (χ3n) is 5.66. The number of halogens is 4. The van der Waals surface area contributed by atoms with Crippen LogP contribution in [0.1, 0.15) is 38.7 Å². The molecule has 15 heteroatoms. The molecule has 2 aromatic carbocycles. The Morgan fingerprint density at radius 1 is 1.26 bits per heavy atom. The molecule has 1 aliphatic rings. The van der Waals surface area contributed by atoms with E-state index < -0.39 is 51.4 Å². The molecule has 38 heavy (non-hydrogen) atoms. The summed E-state index contributed by atoms with van der Waals surface area (Å²) in [5.41, 5.74) is -1.71. The molecule has 0 radical (unpaired) electrons. The van der Waals surface area contributed by atoms with Crippen molar-refractivity contribution < 1.29 is 35.9 Å². The average Bonchev–Trinajstić information content (AvgIpc) is 3.27. The van der Waals surface area contributed by atoms with Gasteiger partial charge in [0.25, 0.3) is 15.9 Å². The predicted octanol–water partition coefficient (Wildman–Crippen LogP) is 3.52. The van der Waals surface area contributed by atoms with Crippen LogP contribution in [0.3, 0.4) is 0 Å². The van der Waals surface area contributed by atoms with E-state index in [1.54, 1.807) is 0 Å². The largest absolute Gasteiger partial charge is 0.487 e. The Hall–Kier alpha value is -3.52. The van der Waals surface area contributed by atoms with Crippen molar-refractivity contribution in [2.45, 2.75) is 57.3 Å². The van der Waals surface area contributed by atoms with Crippen LogP contribution in [0, 0.1) is 12.7 Å². The number of carbonyl (C=O) groups is 1. The van der Waals surface area contributed by atoms with Crippen LogP contribution < -0.4 is 19.9 Å². The second kappa shape index (κ2) is 9.66. The fourth-order valence-electron chi connectivity index (χ4n) is 3.90. The molecule has 204 valence electrons. The molecule has 1 amide bonds. The fourth-order valence-corrected chi connectivity index (χ4v) is 5.19. The molecule has 1 N–H and O–H groups in total. The number of nitrogens with one attached hydrogen (secondary N) is 1. The van der Waals surface area contributed by atoms with Crippen molar-refractivity contribution in [1.82, 2.24) is 19.1 Å². The van der Waals surface area contributed by atoms with E-state index in [9.17, 15) is 31.2 Å². The van der Waals surface area contributed by atoms with Crippen LogP contribution in [-0.4, -0.2) is 40.4 Å². The highest BCUT2D eigenvalue weighted by Crippen LogP contribution is 2.36. The molecule has 0 fully saturated rings. The summed E-state index contributed by atoms with van der Waals surface area (Å²) in [6.07, 6.45) is -0.989. The van der Waals surface area contributed by atoms with E-state index in [0.29, 0.717) is 22.4 Å². The van der Waals surface area contributed by atoms with Crippen LogP contribution >= 0.6 is 11.6 Å². The van der Waals surface area contributed by atoms with Crippen molar-refractivity contribution >= 4 is 27.5 Å². The van der Waals surface area contributed by atoms with Gasteiger partial charge >= 0.3 is 12.2 Å². The summed E-state index contributed by atoms with van der Waals surface area (Å²) in [6.45, 7) is 2.85. The van der Waals surface area contributed by atoms with Crippen molar-refractivity contribution in [3.8, 4) is 17.2 Å². The first-order valence-corrected chi connectivity index (χ1v) is 13.0. The molecule has 4 rings (SSSR count). The van der Waals surface area contributed by atoms with Crippen molar-refractivity contribution in [3.05, 3.63) is 63.0 Å². The lowest BCUT2D eigenvalue weighted by Gasteiger charge is -2.17. The number of nitrogens with zero attached hydrogens (tertiary/aromatic N) is 3. The minimum absolute atomic E-state index is 0.0571. The Bertz CT molecular complexity index is 1600. The Labute approximate surface area is 220 Å². The molecule has 2 heterocycles. The molecule has 0 bridgehead atoms. The summed E-state index contributed by atoms with van der Waals surface area (Å²) in [5, 5.41) is 3.32.